The highest BCUT2D eigenvalue weighted by atomic mass is 32.2. The molecule has 7 nitrogen and oxygen atoms in total. The molecule has 3 aromatic rings. The Morgan fingerprint density at radius 2 is 1.59 bits per heavy atom. The van der Waals surface area contributed by atoms with E-state index in [1.54, 1.807) is 53.4 Å². The van der Waals surface area contributed by atoms with Gasteiger partial charge in [-0.25, -0.2) is 8.42 Å². The van der Waals surface area contributed by atoms with Gasteiger partial charge >= 0.3 is 6.18 Å². The molecule has 37 heavy (non-hydrogen) atoms. The largest absolute Gasteiger partial charge is 0.497 e. The second-order valence-corrected chi connectivity index (χ2v) is 10.3. The first-order chi connectivity index (χ1) is 17.6. The number of anilines is 2. The third kappa shape index (κ3) is 5.99. The zero-order valence-corrected chi connectivity index (χ0v) is 20.9. The predicted molar refractivity (Wildman–Crippen MR) is 134 cm³/mol. The zero-order chi connectivity index (χ0) is 26.6. The van der Waals surface area contributed by atoms with E-state index >= 15 is 0 Å². The summed E-state index contributed by atoms with van der Waals surface area (Å²) in [7, 11) is -2.61. The van der Waals surface area contributed by atoms with E-state index in [-0.39, 0.29) is 23.7 Å². The molecular formula is C26H26F3N3O4S. The lowest BCUT2D eigenvalue weighted by molar-refractivity contribution is -0.137. The van der Waals surface area contributed by atoms with Crippen LogP contribution in [0.15, 0.2) is 83.8 Å². The topological polar surface area (TPSA) is 70.2 Å². The van der Waals surface area contributed by atoms with Gasteiger partial charge in [0.2, 0.25) is 5.91 Å². The SMILES string of the molecule is COc1cccc(N(CC(=O)N2CCN(c3cccc(C(F)(F)F)c3)CC2)S(=O)(=O)c2ccccc2)c1. The quantitative estimate of drug-likeness (QED) is 0.454. The van der Waals surface area contributed by atoms with Crippen molar-refractivity contribution in [1.82, 2.24) is 4.90 Å². The van der Waals surface area contributed by atoms with Crippen molar-refractivity contribution in [3.8, 4) is 5.75 Å². The van der Waals surface area contributed by atoms with Crippen LogP contribution in [0.5, 0.6) is 5.75 Å². The first kappa shape index (κ1) is 26.3. The van der Waals surface area contributed by atoms with Crippen LogP contribution in [0.25, 0.3) is 0 Å². The van der Waals surface area contributed by atoms with E-state index in [4.69, 9.17) is 4.74 Å². The van der Waals surface area contributed by atoms with Crippen LogP contribution >= 0.6 is 0 Å². The molecule has 1 aliphatic heterocycles. The fourth-order valence-corrected chi connectivity index (χ4v) is 5.54. The summed E-state index contributed by atoms with van der Waals surface area (Å²) in [6.07, 6.45) is -4.44. The second kappa shape index (κ2) is 10.7. The number of halogens is 3. The lowest BCUT2D eigenvalue weighted by atomic mass is 10.1. The van der Waals surface area contributed by atoms with Gasteiger partial charge in [-0.15, -0.1) is 0 Å². The van der Waals surface area contributed by atoms with E-state index < -0.39 is 34.2 Å². The summed E-state index contributed by atoms with van der Waals surface area (Å²) in [5, 5.41) is 0. The molecule has 1 aliphatic rings. The molecular weight excluding hydrogens is 507 g/mol. The molecule has 0 saturated carbocycles. The Balaban J connectivity index is 1.52. The van der Waals surface area contributed by atoms with Gasteiger partial charge in [-0.05, 0) is 42.5 Å². The van der Waals surface area contributed by atoms with Crippen LogP contribution in [0.1, 0.15) is 5.56 Å². The normalized spacial score (nSPS) is 14.4. The fourth-order valence-electron chi connectivity index (χ4n) is 4.12. The van der Waals surface area contributed by atoms with Gasteiger partial charge in [0, 0.05) is 37.9 Å². The van der Waals surface area contributed by atoms with E-state index in [1.807, 2.05) is 0 Å². The van der Waals surface area contributed by atoms with Crippen LogP contribution in [0.3, 0.4) is 0 Å². The Labute approximate surface area is 213 Å². The lowest BCUT2D eigenvalue weighted by Gasteiger charge is -2.37. The molecule has 0 unspecified atom stereocenters. The average molecular weight is 534 g/mol. The molecule has 0 bridgehead atoms. The maximum Gasteiger partial charge on any atom is 0.416 e. The first-order valence-electron chi connectivity index (χ1n) is 11.5. The number of piperazine rings is 1. The number of sulfonamides is 1. The van der Waals surface area contributed by atoms with Crippen molar-refractivity contribution < 1.29 is 31.1 Å². The van der Waals surface area contributed by atoms with Gasteiger partial charge in [-0.3, -0.25) is 9.10 Å². The van der Waals surface area contributed by atoms with Gasteiger partial charge in [-0.2, -0.15) is 13.2 Å². The zero-order valence-electron chi connectivity index (χ0n) is 20.1. The minimum atomic E-state index is -4.44. The Bertz CT molecular complexity index is 1340. The van der Waals surface area contributed by atoms with Gasteiger partial charge in [0.15, 0.2) is 0 Å². The average Bonchev–Trinajstić information content (AvgIpc) is 2.91. The van der Waals surface area contributed by atoms with E-state index in [0.717, 1.165) is 16.4 Å². The summed E-state index contributed by atoms with van der Waals surface area (Å²) >= 11 is 0. The van der Waals surface area contributed by atoms with E-state index in [0.29, 0.717) is 24.5 Å². The number of benzene rings is 3. The Kier molecular flexibility index (Phi) is 7.63. The van der Waals surface area contributed by atoms with E-state index in [9.17, 15) is 26.4 Å². The predicted octanol–water partition coefficient (Wildman–Crippen LogP) is 4.26. The molecule has 1 amide bonds. The molecule has 1 fully saturated rings. The van der Waals surface area contributed by atoms with E-state index in [2.05, 4.69) is 0 Å². The molecule has 0 atom stereocenters. The third-order valence-corrected chi connectivity index (χ3v) is 7.91. The van der Waals surface area contributed by atoms with Gasteiger partial charge in [0.05, 0.1) is 23.3 Å². The third-order valence-electron chi connectivity index (χ3n) is 6.12. The summed E-state index contributed by atoms with van der Waals surface area (Å²) in [6, 6.07) is 19.3. The molecule has 196 valence electrons. The van der Waals surface area contributed by atoms with Crippen molar-refractivity contribution in [2.75, 3.05) is 49.0 Å². The minimum absolute atomic E-state index is 0.0417. The number of nitrogens with zero attached hydrogens (tertiary/aromatic N) is 3. The maximum absolute atomic E-state index is 13.5. The molecule has 4 rings (SSSR count). The monoisotopic (exact) mass is 533 g/mol. The lowest BCUT2D eigenvalue weighted by Crippen LogP contribution is -2.52. The van der Waals surface area contributed by atoms with Crippen LogP contribution in [0.2, 0.25) is 0 Å². The smallest absolute Gasteiger partial charge is 0.416 e. The molecule has 0 spiro atoms. The Morgan fingerprint density at radius 3 is 2.24 bits per heavy atom. The molecule has 0 N–H and O–H groups in total. The number of carbonyl (C=O) groups is 1. The second-order valence-electron chi connectivity index (χ2n) is 8.44. The number of amides is 1. The van der Waals surface area contributed by atoms with Crippen molar-refractivity contribution in [1.29, 1.82) is 0 Å². The molecule has 0 radical (unpaired) electrons. The number of hydrogen-bond donors (Lipinski definition) is 0. The fraction of sp³-hybridized carbons (Fsp3) is 0.269. The van der Waals surface area contributed by atoms with Crippen LogP contribution < -0.4 is 13.9 Å². The molecule has 11 heteroatoms. The number of methoxy groups -OCH3 is 1. The summed E-state index contributed by atoms with van der Waals surface area (Å²) in [4.78, 5) is 16.6. The number of carbonyl (C=O) groups excluding carboxylic acids is 1. The highest BCUT2D eigenvalue weighted by Crippen LogP contribution is 2.32. The van der Waals surface area contributed by atoms with Crippen LogP contribution in [-0.2, 0) is 21.0 Å². The van der Waals surface area contributed by atoms with Gasteiger partial charge in [-0.1, -0.05) is 30.3 Å². The van der Waals surface area contributed by atoms with Crippen LogP contribution in [-0.4, -0.2) is 59.1 Å². The molecule has 1 heterocycles. The van der Waals surface area contributed by atoms with Crippen LogP contribution in [0, 0.1) is 0 Å². The van der Waals surface area contributed by atoms with Gasteiger partial charge in [0.1, 0.15) is 12.3 Å². The van der Waals surface area contributed by atoms with Crippen molar-refractivity contribution >= 4 is 27.3 Å². The molecule has 1 saturated heterocycles. The first-order valence-corrected chi connectivity index (χ1v) is 13.0. The molecule has 0 aliphatic carbocycles. The van der Waals surface area contributed by atoms with Crippen molar-refractivity contribution in [2.24, 2.45) is 0 Å². The summed E-state index contributed by atoms with van der Waals surface area (Å²) in [5.41, 5.74) is -0.0331. The molecule has 3 aromatic carbocycles. The minimum Gasteiger partial charge on any atom is -0.497 e. The Hall–Kier alpha value is -3.73. The molecule has 0 aromatic heterocycles. The number of ether oxygens (including phenoxy) is 1. The van der Waals surface area contributed by atoms with Crippen LogP contribution in [0.4, 0.5) is 24.5 Å². The Morgan fingerprint density at radius 1 is 0.919 bits per heavy atom. The number of alkyl halides is 3. The van der Waals surface area contributed by atoms with Gasteiger partial charge < -0.3 is 14.5 Å². The van der Waals surface area contributed by atoms with Crippen molar-refractivity contribution in [3.05, 3.63) is 84.4 Å². The van der Waals surface area contributed by atoms with Crippen molar-refractivity contribution in [2.45, 2.75) is 11.1 Å². The van der Waals surface area contributed by atoms with E-state index in [1.165, 1.54) is 30.2 Å². The van der Waals surface area contributed by atoms with Crippen molar-refractivity contribution in [3.63, 3.8) is 0 Å². The number of rotatable bonds is 7. The standard InChI is InChI=1S/C26H26F3N3O4S/c1-36-23-10-6-9-22(18-23)32(37(34,35)24-11-3-2-4-12-24)19-25(33)31-15-13-30(14-16-31)21-8-5-7-20(17-21)26(27,28)29/h2-12,17-18H,13-16,19H2,1H3. The maximum atomic E-state index is 13.5. The summed E-state index contributed by atoms with van der Waals surface area (Å²) in [5.74, 6) is 0.0268. The highest BCUT2D eigenvalue weighted by Gasteiger charge is 2.32. The highest BCUT2D eigenvalue weighted by molar-refractivity contribution is 7.92. The number of hydrogen-bond acceptors (Lipinski definition) is 5. The summed E-state index contributed by atoms with van der Waals surface area (Å²) < 4.78 is 72.6. The summed E-state index contributed by atoms with van der Waals surface area (Å²) in [6.45, 7) is 0.683. The van der Waals surface area contributed by atoms with Gasteiger partial charge in [0.25, 0.3) is 10.0 Å².